The molecule has 4 aliphatic rings. The molecule has 1 fully saturated rings. The predicted molar refractivity (Wildman–Crippen MR) is 145 cm³/mol. The molecule has 11 heteroatoms. The molecule has 1 aliphatic heterocycles. The fourth-order valence-corrected chi connectivity index (χ4v) is 7.14. The number of carbonyl (C=O) groups is 5. The average Bonchev–Trinajstić information content (AvgIpc) is 3.15. The van der Waals surface area contributed by atoms with Crippen molar-refractivity contribution in [3.8, 4) is 11.5 Å². The fourth-order valence-electron chi connectivity index (χ4n) is 6.41. The number of aromatic hydroxyl groups is 2. The van der Waals surface area contributed by atoms with Crippen molar-refractivity contribution in [2.24, 2.45) is 17.8 Å². The van der Waals surface area contributed by atoms with Crippen molar-refractivity contribution < 1.29 is 39.3 Å². The molecule has 2 aromatic rings. The Morgan fingerprint density at radius 3 is 2.42 bits per heavy atom. The van der Waals surface area contributed by atoms with Crippen LogP contribution < -0.4 is 4.90 Å². The second-order valence-corrected chi connectivity index (χ2v) is 11.4. The van der Waals surface area contributed by atoms with E-state index < -0.39 is 53.0 Å². The van der Waals surface area contributed by atoms with Gasteiger partial charge in [0.05, 0.1) is 22.0 Å². The number of anilines is 1. The summed E-state index contributed by atoms with van der Waals surface area (Å²) in [5, 5.41) is 29.5. The summed E-state index contributed by atoms with van der Waals surface area (Å²) in [6, 6.07) is 7.82. The number of phenols is 2. The van der Waals surface area contributed by atoms with Crippen LogP contribution in [-0.2, 0) is 19.2 Å². The topological polar surface area (TPSA) is 149 Å². The first-order valence-corrected chi connectivity index (χ1v) is 13.5. The molecule has 3 N–H and O–H groups in total. The predicted octanol–water partition coefficient (Wildman–Crippen LogP) is 4.42. The van der Waals surface area contributed by atoms with Gasteiger partial charge in [0.2, 0.25) is 11.8 Å². The van der Waals surface area contributed by atoms with Crippen LogP contribution in [0.1, 0.15) is 34.7 Å². The molecule has 2 amide bonds. The van der Waals surface area contributed by atoms with Gasteiger partial charge in [-0.25, -0.2) is 9.69 Å². The SMILES string of the molecule is O=C1C=C(Br)C(=O)C2=C1C(c1ccc(O)cc1Cl)C1=CCC3C(=O)N(c4ccc(C(=O)O)c(O)c4)C(=O)C3C1C2. The average molecular weight is 625 g/mol. The van der Waals surface area contributed by atoms with Gasteiger partial charge in [0, 0.05) is 34.2 Å². The fraction of sp³-hybridized carbons (Fsp3) is 0.207. The van der Waals surface area contributed by atoms with E-state index in [1.807, 2.05) is 6.08 Å². The van der Waals surface area contributed by atoms with Crippen LogP contribution in [0.2, 0.25) is 5.02 Å². The highest BCUT2D eigenvalue weighted by Crippen LogP contribution is 2.56. The molecule has 1 heterocycles. The lowest BCUT2D eigenvalue weighted by Gasteiger charge is -2.42. The number of rotatable bonds is 3. The first kappa shape index (κ1) is 26.2. The number of carbonyl (C=O) groups excluding carboxylic acids is 4. The van der Waals surface area contributed by atoms with Crippen LogP contribution in [0, 0.1) is 17.8 Å². The van der Waals surface area contributed by atoms with Crippen molar-refractivity contribution >= 4 is 62.6 Å². The van der Waals surface area contributed by atoms with Gasteiger partial charge >= 0.3 is 5.97 Å². The maximum Gasteiger partial charge on any atom is 0.339 e. The van der Waals surface area contributed by atoms with Crippen LogP contribution in [0.3, 0.4) is 0 Å². The second-order valence-electron chi connectivity index (χ2n) is 10.1. The third kappa shape index (κ3) is 3.77. The van der Waals surface area contributed by atoms with E-state index in [1.165, 1.54) is 24.3 Å². The van der Waals surface area contributed by atoms with Crippen molar-refractivity contribution in [1.82, 2.24) is 0 Å². The first-order chi connectivity index (χ1) is 19.0. The molecular formula is C29H19BrClNO8. The van der Waals surface area contributed by atoms with Gasteiger partial charge in [-0.2, -0.15) is 0 Å². The number of carboxylic acid groups (broad SMARTS) is 1. The molecule has 0 radical (unpaired) electrons. The summed E-state index contributed by atoms with van der Waals surface area (Å²) in [5.41, 5.74) is 1.33. The number of phenolic OH excluding ortho intramolecular Hbond substituents is 1. The Bertz CT molecular complexity index is 1690. The number of ketones is 2. The Kier molecular flexibility index (Phi) is 6.08. The molecule has 202 valence electrons. The van der Waals surface area contributed by atoms with Crippen LogP contribution in [0.5, 0.6) is 11.5 Å². The van der Waals surface area contributed by atoms with E-state index in [-0.39, 0.29) is 56.3 Å². The van der Waals surface area contributed by atoms with Crippen molar-refractivity contribution in [1.29, 1.82) is 0 Å². The van der Waals surface area contributed by atoms with Gasteiger partial charge in [0.1, 0.15) is 17.1 Å². The second kappa shape index (κ2) is 9.28. The number of hydrogen-bond donors (Lipinski definition) is 3. The summed E-state index contributed by atoms with van der Waals surface area (Å²) >= 11 is 9.70. The molecular weight excluding hydrogens is 606 g/mol. The highest BCUT2D eigenvalue weighted by molar-refractivity contribution is 9.12. The van der Waals surface area contributed by atoms with Gasteiger partial charge in [-0.15, -0.1) is 0 Å². The number of aromatic carboxylic acids is 1. The van der Waals surface area contributed by atoms with Gasteiger partial charge < -0.3 is 15.3 Å². The monoisotopic (exact) mass is 623 g/mol. The minimum atomic E-state index is -1.36. The third-order valence-corrected chi connectivity index (χ3v) is 9.01. The Balaban J connectivity index is 1.47. The molecule has 3 aliphatic carbocycles. The molecule has 0 saturated carbocycles. The minimum absolute atomic E-state index is 0.0388. The standard InChI is InChI=1S/C29H19BrClNO8/c30-19-10-22(35)25-18(26(19)36)9-17-13(23(25)14-4-2-12(33)8-20(14)31)5-6-16-24(17)28(38)32(27(16)37)11-1-3-15(29(39)40)21(34)7-11/h1-5,7-8,10,16-17,23-24,33-34H,6,9H2,(H,39,40). The molecule has 1 saturated heterocycles. The van der Waals surface area contributed by atoms with Crippen LogP contribution in [0.25, 0.3) is 0 Å². The maximum atomic E-state index is 13.9. The summed E-state index contributed by atoms with van der Waals surface area (Å²) in [4.78, 5) is 66.3. The van der Waals surface area contributed by atoms with Gasteiger partial charge in [-0.1, -0.05) is 29.3 Å². The van der Waals surface area contributed by atoms with Crippen LogP contribution in [0.4, 0.5) is 5.69 Å². The highest BCUT2D eigenvalue weighted by atomic mass is 79.9. The number of carboxylic acids is 1. The molecule has 40 heavy (non-hydrogen) atoms. The number of hydrogen-bond acceptors (Lipinski definition) is 7. The minimum Gasteiger partial charge on any atom is -0.508 e. The van der Waals surface area contributed by atoms with Crippen molar-refractivity contribution in [3.05, 3.63) is 85.9 Å². The molecule has 9 nitrogen and oxygen atoms in total. The van der Waals surface area contributed by atoms with Gasteiger partial charge in [0.25, 0.3) is 0 Å². The van der Waals surface area contributed by atoms with E-state index in [9.17, 15) is 39.3 Å². The lowest BCUT2D eigenvalue weighted by molar-refractivity contribution is -0.123. The summed E-state index contributed by atoms with van der Waals surface area (Å²) < 4.78 is 0.0936. The molecule has 0 spiro atoms. The number of Topliss-reactive ketones (excluding diaryl/α,β-unsaturated/α-hetero) is 1. The van der Waals surface area contributed by atoms with E-state index >= 15 is 0 Å². The number of amides is 2. The number of fused-ring (bicyclic) bond motifs is 3. The Morgan fingerprint density at radius 1 is 1.00 bits per heavy atom. The van der Waals surface area contributed by atoms with Crippen LogP contribution in [-0.4, -0.2) is 44.7 Å². The van der Waals surface area contributed by atoms with Crippen molar-refractivity contribution in [2.75, 3.05) is 4.90 Å². The Morgan fingerprint density at radius 2 is 1.75 bits per heavy atom. The third-order valence-electron chi connectivity index (χ3n) is 8.10. The molecule has 6 rings (SSSR count). The van der Waals surface area contributed by atoms with E-state index in [2.05, 4.69) is 15.9 Å². The lowest BCUT2D eigenvalue weighted by atomic mass is 9.59. The van der Waals surface area contributed by atoms with Crippen molar-refractivity contribution in [2.45, 2.75) is 18.8 Å². The molecule has 2 aromatic carbocycles. The van der Waals surface area contributed by atoms with Crippen LogP contribution in [0.15, 0.2) is 69.8 Å². The Labute approximate surface area is 240 Å². The van der Waals surface area contributed by atoms with Gasteiger partial charge in [0.15, 0.2) is 11.6 Å². The zero-order valence-electron chi connectivity index (χ0n) is 20.4. The summed E-state index contributed by atoms with van der Waals surface area (Å²) in [7, 11) is 0. The number of imide groups is 1. The van der Waals surface area contributed by atoms with E-state index in [0.717, 1.165) is 17.0 Å². The number of nitrogens with zero attached hydrogens (tertiary/aromatic N) is 1. The highest BCUT2D eigenvalue weighted by Gasteiger charge is 2.57. The maximum absolute atomic E-state index is 13.9. The smallest absolute Gasteiger partial charge is 0.339 e. The van der Waals surface area contributed by atoms with Gasteiger partial charge in [-0.3, -0.25) is 19.2 Å². The molecule has 4 atom stereocenters. The normalized spacial score (nSPS) is 25.8. The van der Waals surface area contributed by atoms with E-state index in [1.54, 1.807) is 6.07 Å². The number of allylic oxidation sites excluding steroid dienone is 6. The van der Waals surface area contributed by atoms with E-state index in [0.29, 0.717) is 11.1 Å². The summed E-state index contributed by atoms with van der Waals surface area (Å²) in [6.45, 7) is 0. The van der Waals surface area contributed by atoms with Gasteiger partial charge in [-0.05, 0) is 64.5 Å². The Hall–Kier alpha value is -4.02. The summed E-state index contributed by atoms with van der Waals surface area (Å²) in [6.07, 6.45) is 3.29. The van der Waals surface area contributed by atoms with Crippen LogP contribution >= 0.6 is 27.5 Å². The number of halogens is 2. The molecule has 4 unspecified atom stereocenters. The molecule has 0 bridgehead atoms. The largest absolute Gasteiger partial charge is 0.508 e. The van der Waals surface area contributed by atoms with E-state index in [4.69, 9.17) is 11.6 Å². The quantitative estimate of drug-likeness (QED) is 0.258. The van der Waals surface area contributed by atoms with Crippen molar-refractivity contribution in [3.63, 3.8) is 0 Å². The lowest BCUT2D eigenvalue weighted by Crippen LogP contribution is -2.39. The zero-order valence-corrected chi connectivity index (χ0v) is 22.8. The summed E-state index contributed by atoms with van der Waals surface area (Å²) in [5.74, 6) is -6.84. The first-order valence-electron chi connectivity index (χ1n) is 12.3. The number of benzene rings is 2. The zero-order chi connectivity index (χ0) is 28.6. The molecule has 0 aromatic heterocycles.